The Morgan fingerprint density at radius 2 is 1.94 bits per heavy atom. The highest BCUT2D eigenvalue weighted by Gasteiger charge is 2.24. The van der Waals surface area contributed by atoms with Gasteiger partial charge in [0.2, 0.25) is 0 Å². The highest BCUT2D eigenvalue weighted by Crippen LogP contribution is 2.16. The van der Waals surface area contributed by atoms with E-state index in [9.17, 15) is 4.79 Å². The first kappa shape index (κ1) is 15.3. The van der Waals surface area contributed by atoms with Crippen LogP contribution in [0.5, 0.6) is 0 Å². The molecule has 0 bridgehead atoms. The van der Waals surface area contributed by atoms with Gasteiger partial charge in [0.15, 0.2) is 0 Å². The zero-order valence-corrected chi connectivity index (χ0v) is 12.3. The van der Waals surface area contributed by atoms with Crippen LogP contribution in [0, 0.1) is 5.92 Å². The Bertz CT molecular complexity index is 255. The van der Waals surface area contributed by atoms with Crippen LogP contribution in [-0.2, 0) is 4.74 Å². The van der Waals surface area contributed by atoms with Gasteiger partial charge in [0, 0.05) is 13.1 Å². The standard InChI is InChI=1S/C14H28N2O2/c1-5-10-16(13(17)18-14(2,3)4)11-12-6-8-15-9-7-12/h12,15H,5-11H2,1-4H3. The summed E-state index contributed by atoms with van der Waals surface area (Å²) in [5.74, 6) is 0.616. The van der Waals surface area contributed by atoms with Crippen LogP contribution >= 0.6 is 0 Å². The van der Waals surface area contributed by atoms with Gasteiger partial charge < -0.3 is 15.0 Å². The van der Waals surface area contributed by atoms with Crippen molar-refractivity contribution >= 4 is 6.09 Å². The molecule has 0 aliphatic carbocycles. The van der Waals surface area contributed by atoms with Crippen molar-refractivity contribution in [1.29, 1.82) is 0 Å². The molecule has 4 heteroatoms. The minimum absolute atomic E-state index is 0.164. The fourth-order valence-electron chi connectivity index (χ4n) is 2.23. The molecule has 106 valence electrons. The van der Waals surface area contributed by atoms with E-state index in [0.717, 1.165) is 45.4 Å². The van der Waals surface area contributed by atoms with E-state index in [2.05, 4.69) is 12.2 Å². The second kappa shape index (κ2) is 6.98. The highest BCUT2D eigenvalue weighted by molar-refractivity contribution is 5.68. The SMILES string of the molecule is CCCN(CC1CCNCC1)C(=O)OC(C)(C)C. The summed E-state index contributed by atoms with van der Waals surface area (Å²) < 4.78 is 5.47. The fourth-order valence-corrected chi connectivity index (χ4v) is 2.23. The number of rotatable bonds is 4. The van der Waals surface area contributed by atoms with Crippen molar-refractivity contribution in [2.24, 2.45) is 5.92 Å². The van der Waals surface area contributed by atoms with E-state index in [4.69, 9.17) is 4.74 Å². The quantitative estimate of drug-likeness (QED) is 0.840. The molecule has 0 unspecified atom stereocenters. The number of carbonyl (C=O) groups excluding carboxylic acids is 1. The molecule has 0 saturated carbocycles. The summed E-state index contributed by atoms with van der Waals surface area (Å²) in [7, 11) is 0. The number of hydrogen-bond acceptors (Lipinski definition) is 3. The topological polar surface area (TPSA) is 41.6 Å². The Balaban J connectivity index is 2.49. The number of ether oxygens (including phenoxy) is 1. The number of amides is 1. The first-order valence-electron chi connectivity index (χ1n) is 7.11. The van der Waals surface area contributed by atoms with Gasteiger partial charge in [0.25, 0.3) is 0 Å². The van der Waals surface area contributed by atoms with Gasteiger partial charge in [-0.25, -0.2) is 4.79 Å². The number of carbonyl (C=O) groups is 1. The predicted molar refractivity (Wildman–Crippen MR) is 73.7 cm³/mol. The van der Waals surface area contributed by atoms with Gasteiger partial charge in [0.1, 0.15) is 5.60 Å². The third-order valence-corrected chi connectivity index (χ3v) is 3.08. The maximum Gasteiger partial charge on any atom is 0.410 e. The van der Waals surface area contributed by atoms with Crippen LogP contribution in [0.3, 0.4) is 0 Å². The maximum absolute atomic E-state index is 12.1. The van der Waals surface area contributed by atoms with Gasteiger partial charge in [-0.3, -0.25) is 0 Å². The average molecular weight is 256 g/mol. The minimum Gasteiger partial charge on any atom is -0.444 e. The van der Waals surface area contributed by atoms with Crippen molar-refractivity contribution in [3.8, 4) is 0 Å². The monoisotopic (exact) mass is 256 g/mol. The van der Waals surface area contributed by atoms with E-state index < -0.39 is 5.60 Å². The van der Waals surface area contributed by atoms with Crippen molar-refractivity contribution in [2.75, 3.05) is 26.2 Å². The molecule has 1 N–H and O–H groups in total. The highest BCUT2D eigenvalue weighted by atomic mass is 16.6. The zero-order valence-electron chi connectivity index (χ0n) is 12.3. The molecule has 1 aliphatic rings. The minimum atomic E-state index is -0.406. The molecular formula is C14H28N2O2. The smallest absolute Gasteiger partial charge is 0.410 e. The molecule has 1 aliphatic heterocycles. The Morgan fingerprint density at radius 3 is 2.44 bits per heavy atom. The Morgan fingerprint density at radius 1 is 1.33 bits per heavy atom. The van der Waals surface area contributed by atoms with Crippen LogP contribution in [0.2, 0.25) is 0 Å². The molecule has 1 rings (SSSR count). The molecule has 1 saturated heterocycles. The summed E-state index contributed by atoms with van der Waals surface area (Å²) in [6.45, 7) is 11.6. The molecule has 1 amide bonds. The number of nitrogens with one attached hydrogen (secondary N) is 1. The Hall–Kier alpha value is -0.770. The predicted octanol–water partition coefficient (Wildman–Crippen LogP) is 2.63. The number of piperidine rings is 1. The molecule has 1 fully saturated rings. The van der Waals surface area contributed by atoms with Gasteiger partial charge in [0.05, 0.1) is 0 Å². The zero-order chi connectivity index (χ0) is 13.6. The molecule has 0 aromatic heterocycles. The molecule has 1 heterocycles. The summed E-state index contributed by atoms with van der Waals surface area (Å²) in [4.78, 5) is 14.0. The lowest BCUT2D eigenvalue weighted by Gasteiger charge is -2.31. The molecular weight excluding hydrogens is 228 g/mol. The summed E-state index contributed by atoms with van der Waals surface area (Å²) in [5, 5.41) is 3.35. The third kappa shape index (κ3) is 5.71. The second-order valence-corrected chi connectivity index (χ2v) is 6.12. The van der Waals surface area contributed by atoms with E-state index in [1.165, 1.54) is 0 Å². The van der Waals surface area contributed by atoms with Crippen LogP contribution in [0.1, 0.15) is 47.0 Å². The van der Waals surface area contributed by atoms with Gasteiger partial charge >= 0.3 is 6.09 Å². The van der Waals surface area contributed by atoms with E-state index in [1.807, 2.05) is 25.7 Å². The molecule has 18 heavy (non-hydrogen) atoms. The summed E-state index contributed by atoms with van der Waals surface area (Å²) in [6.07, 6.45) is 3.12. The summed E-state index contributed by atoms with van der Waals surface area (Å²) in [5.41, 5.74) is -0.406. The lowest BCUT2D eigenvalue weighted by Crippen LogP contribution is -2.42. The van der Waals surface area contributed by atoms with Crippen LogP contribution in [0.4, 0.5) is 4.79 Å². The summed E-state index contributed by atoms with van der Waals surface area (Å²) in [6, 6.07) is 0. The van der Waals surface area contributed by atoms with Gasteiger partial charge in [-0.15, -0.1) is 0 Å². The third-order valence-electron chi connectivity index (χ3n) is 3.08. The average Bonchev–Trinajstić information content (AvgIpc) is 2.27. The van der Waals surface area contributed by atoms with Crippen LogP contribution in [0.25, 0.3) is 0 Å². The molecule has 0 atom stereocenters. The lowest BCUT2D eigenvalue weighted by atomic mass is 9.97. The van der Waals surface area contributed by atoms with E-state index >= 15 is 0 Å². The van der Waals surface area contributed by atoms with Crippen LogP contribution in [-0.4, -0.2) is 42.8 Å². The largest absolute Gasteiger partial charge is 0.444 e. The fraction of sp³-hybridized carbons (Fsp3) is 0.929. The summed E-state index contributed by atoms with van der Waals surface area (Å²) >= 11 is 0. The Kier molecular flexibility index (Phi) is 5.93. The van der Waals surface area contributed by atoms with Crippen LogP contribution in [0.15, 0.2) is 0 Å². The van der Waals surface area contributed by atoms with Crippen molar-refractivity contribution in [1.82, 2.24) is 10.2 Å². The first-order valence-corrected chi connectivity index (χ1v) is 7.11. The first-order chi connectivity index (χ1) is 8.42. The molecule has 0 aromatic rings. The van der Waals surface area contributed by atoms with Crippen molar-refractivity contribution in [3.05, 3.63) is 0 Å². The Labute approximate surface area is 111 Å². The van der Waals surface area contributed by atoms with Crippen molar-refractivity contribution < 1.29 is 9.53 Å². The lowest BCUT2D eigenvalue weighted by molar-refractivity contribution is 0.0210. The van der Waals surface area contributed by atoms with Crippen LogP contribution < -0.4 is 5.32 Å². The molecule has 0 aromatic carbocycles. The van der Waals surface area contributed by atoms with Gasteiger partial charge in [-0.1, -0.05) is 6.92 Å². The van der Waals surface area contributed by atoms with E-state index in [1.54, 1.807) is 0 Å². The van der Waals surface area contributed by atoms with E-state index in [-0.39, 0.29) is 6.09 Å². The molecule has 0 radical (unpaired) electrons. The van der Waals surface area contributed by atoms with Gasteiger partial charge in [-0.2, -0.15) is 0 Å². The van der Waals surface area contributed by atoms with E-state index in [0.29, 0.717) is 5.92 Å². The molecule has 4 nitrogen and oxygen atoms in total. The number of nitrogens with zero attached hydrogens (tertiary/aromatic N) is 1. The normalized spacial score (nSPS) is 17.6. The molecule has 0 spiro atoms. The number of hydrogen-bond donors (Lipinski definition) is 1. The maximum atomic E-state index is 12.1. The second-order valence-electron chi connectivity index (χ2n) is 6.12. The van der Waals surface area contributed by atoms with Crippen molar-refractivity contribution in [3.63, 3.8) is 0 Å². The van der Waals surface area contributed by atoms with Crippen molar-refractivity contribution in [2.45, 2.75) is 52.6 Å². The van der Waals surface area contributed by atoms with Gasteiger partial charge in [-0.05, 0) is 59.0 Å².